The minimum Gasteiger partial charge on any atom is -0.384 e. The first-order chi connectivity index (χ1) is 9.04. The molecule has 0 saturated carbocycles. The van der Waals surface area contributed by atoms with Gasteiger partial charge in [0.1, 0.15) is 6.61 Å². The Morgan fingerprint density at radius 2 is 2.16 bits per heavy atom. The zero-order valence-corrected chi connectivity index (χ0v) is 11.8. The molecule has 0 aromatic heterocycles. The van der Waals surface area contributed by atoms with Gasteiger partial charge >= 0.3 is 0 Å². The van der Waals surface area contributed by atoms with Crippen LogP contribution in [0, 0.1) is 24.7 Å². The van der Waals surface area contributed by atoms with E-state index in [0.717, 1.165) is 17.5 Å². The molecule has 0 unspecified atom stereocenters. The number of nitrogens with one attached hydrogen (secondary N) is 1. The lowest BCUT2D eigenvalue weighted by Gasteiger charge is -2.09. The number of aryl methyl sites for hydroxylation is 1. The number of amides is 1. The van der Waals surface area contributed by atoms with E-state index in [-0.39, 0.29) is 12.5 Å². The Labute approximate surface area is 115 Å². The van der Waals surface area contributed by atoms with Gasteiger partial charge in [0.05, 0.1) is 0 Å². The Morgan fingerprint density at radius 3 is 2.79 bits per heavy atom. The molecule has 0 bridgehead atoms. The molecule has 0 aliphatic heterocycles. The van der Waals surface area contributed by atoms with Crippen molar-refractivity contribution in [1.29, 1.82) is 0 Å². The average Bonchev–Trinajstić information content (AvgIpc) is 2.37. The Bertz CT molecular complexity index is 495. The number of hydrogen-bond acceptors (Lipinski definition) is 2. The third kappa shape index (κ3) is 5.15. The van der Waals surface area contributed by atoms with Crippen molar-refractivity contribution in [2.24, 2.45) is 5.92 Å². The van der Waals surface area contributed by atoms with E-state index in [2.05, 4.69) is 31.0 Å². The third-order valence-corrected chi connectivity index (χ3v) is 2.80. The summed E-state index contributed by atoms with van der Waals surface area (Å²) in [6.45, 7) is 6.66. The van der Waals surface area contributed by atoms with Gasteiger partial charge in [-0.1, -0.05) is 31.8 Å². The molecule has 2 N–H and O–H groups in total. The molecule has 3 heteroatoms. The van der Waals surface area contributed by atoms with Crippen LogP contribution < -0.4 is 5.32 Å². The van der Waals surface area contributed by atoms with Gasteiger partial charge in [0.15, 0.2) is 0 Å². The molecule has 0 atom stereocenters. The van der Waals surface area contributed by atoms with Crippen LogP contribution in [0.5, 0.6) is 0 Å². The molecule has 0 fully saturated rings. The highest BCUT2D eigenvalue weighted by molar-refractivity contribution is 5.96. The Kier molecular flexibility index (Phi) is 6.11. The highest BCUT2D eigenvalue weighted by Crippen LogP contribution is 2.11. The minimum atomic E-state index is -0.177. The topological polar surface area (TPSA) is 49.3 Å². The first-order valence-electron chi connectivity index (χ1n) is 6.53. The molecule has 102 valence electrons. The first-order valence-corrected chi connectivity index (χ1v) is 6.53. The SMILES string of the molecule is Cc1ccc(C#CCO)cc1C(=O)NCCC(C)C. The number of carbonyl (C=O) groups excluding carboxylic acids is 1. The molecular formula is C16H21NO2. The molecule has 0 aliphatic carbocycles. The predicted molar refractivity (Wildman–Crippen MR) is 76.9 cm³/mol. The third-order valence-electron chi connectivity index (χ3n) is 2.80. The predicted octanol–water partition coefficient (Wildman–Crippen LogP) is 2.11. The van der Waals surface area contributed by atoms with Crippen molar-refractivity contribution in [3.63, 3.8) is 0 Å². The number of aliphatic hydroxyl groups excluding tert-OH is 1. The molecule has 0 heterocycles. The zero-order chi connectivity index (χ0) is 14.3. The molecular weight excluding hydrogens is 238 g/mol. The highest BCUT2D eigenvalue weighted by Gasteiger charge is 2.09. The summed E-state index contributed by atoms with van der Waals surface area (Å²) in [5.41, 5.74) is 2.32. The van der Waals surface area contributed by atoms with E-state index >= 15 is 0 Å². The largest absolute Gasteiger partial charge is 0.384 e. The van der Waals surface area contributed by atoms with Crippen molar-refractivity contribution < 1.29 is 9.90 Å². The molecule has 1 amide bonds. The lowest BCUT2D eigenvalue weighted by Crippen LogP contribution is -2.26. The van der Waals surface area contributed by atoms with Gasteiger partial charge in [-0.05, 0) is 37.0 Å². The fourth-order valence-electron chi connectivity index (χ4n) is 1.66. The van der Waals surface area contributed by atoms with Crippen LogP contribution in [0.3, 0.4) is 0 Å². The number of benzene rings is 1. The molecule has 0 saturated heterocycles. The van der Waals surface area contributed by atoms with Gasteiger partial charge < -0.3 is 10.4 Å². The molecule has 3 nitrogen and oxygen atoms in total. The van der Waals surface area contributed by atoms with E-state index in [9.17, 15) is 4.79 Å². The van der Waals surface area contributed by atoms with Gasteiger partial charge in [-0.15, -0.1) is 0 Å². The van der Waals surface area contributed by atoms with Gasteiger partial charge in [-0.3, -0.25) is 4.79 Å². The quantitative estimate of drug-likeness (QED) is 0.814. The van der Waals surface area contributed by atoms with E-state index in [4.69, 9.17) is 5.11 Å². The van der Waals surface area contributed by atoms with Gasteiger partial charge in [-0.2, -0.15) is 0 Å². The summed E-state index contributed by atoms with van der Waals surface area (Å²) in [4.78, 5) is 12.1. The lowest BCUT2D eigenvalue weighted by atomic mass is 10.0. The fraction of sp³-hybridized carbons (Fsp3) is 0.438. The fourth-order valence-corrected chi connectivity index (χ4v) is 1.66. The summed E-state index contributed by atoms with van der Waals surface area (Å²) >= 11 is 0. The molecule has 19 heavy (non-hydrogen) atoms. The van der Waals surface area contributed by atoms with Crippen LogP contribution >= 0.6 is 0 Å². The van der Waals surface area contributed by atoms with Crippen LogP contribution in [0.2, 0.25) is 0 Å². The van der Waals surface area contributed by atoms with E-state index < -0.39 is 0 Å². The zero-order valence-electron chi connectivity index (χ0n) is 11.8. The molecule has 1 rings (SSSR count). The van der Waals surface area contributed by atoms with Crippen molar-refractivity contribution in [3.05, 3.63) is 34.9 Å². The van der Waals surface area contributed by atoms with E-state index in [1.54, 1.807) is 6.07 Å². The summed E-state index contributed by atoms with van der Waals surface area (Å²) in [5, 5.41) is 11.6. The van der Waals surface area contributed by atoms with Crippen LogP contribution in [0.15, 0.2) is 18.2 Å². The van der Waals surface area contributed by atoms with Crippen LogP contribution in [0.25, 0.3) is 0 Å². The van der Waals surface area contributed by atoms with E-state index in [1.807, 2.05) is 19.1 Å². The standard InChI is InChI=1S/C16H21NO2/c1-12(2)8-9-17-16(19)15-11-14(5-4-10-18)7-6-13(15)3/h6-7,11-12,18H,8-10H2,1-3H3,(H,17,19). The molecule has 1 aromatic rings. The van der Waals surface area contributed by atoms with Crippen LogP contribution in [-0.4, -0.2) is 24.2 Å². The van der Waals surface area contributed by atoms with Crippen molar-refractivity contribution in [1.82, 2.24) is 5.32 Å². The monoisotopic (exact) mass is 259 g/mol. The number of aliphatic hydroxyl groups is 1. The number of carbonyl (C=O) groups is 1. The van der Waals surface area contributed by atoms with Crippen LogP contribution in [-0.2, 0) is 0 Å². The summed E-state index contributed by atoms with van der Waals surface area (Å²) in [6, 6.07) is 5.49. The summed E-state index contributed by atoms with van der Waals surface area (Å²) in [6.07, 6.45) is 0.967. The van der Waals surface area contributed by atoms with Crippen molar-refractivity contribution >= 4 is 5.91 Å². The minimum absolute atomic E-state index is 0.0641. The molecule has 0 aliphatic rings. The van der Waals surface area contributed by atoms with Crippen LogP contribution in [0.4, 0.5) is 0 Å². The molecule has 1 aromatic carbocycles. The Balaban J connectivity index is 2.78. The highest BCUT2D eigenvalue weighted by atomic mass is 16.2. The maximum Gasteiger partial charge on any atom is 0.251 e. The Hall–Kier alpha value is -1.79. The van der Waals surface area contributed by atoms with Gasteiger partial charge in [-0.25, -0.2) is 0 Å². The second-order valence-corrected chi connectivity index (χ2v) is 4.93. The van der Waals surface area contributed by atoms with Crippen molar-refractivity contribution in [2.75, 3.05) is 13.2 Å². The van der Waals surface area contributed by atoms with Gasteiger partial charge in [0.25, 0.3) is 5.91 Å². The normalized spacial score (nSPS) is 9.95. The van der Waals surface area contributed by atoms with Crippen LogP contribution in [0.1, 0.15) is 41.8 Å². The second kappa shape index (κ2) is 7.60. The van der Waals surface area contributed by atoms with Gasteiger partial charge in [0, 0.05) is 17.7 Å². The first kappa shape index (κ1) is 15.3. The maximum atomic E-state index is 12.1. The van der Waals surface area contributed by atoms with E-state index in [1.165, 1.54) is 0 Å². The van der Waals surface area contributed by atoms with Crippen molar-refractivity contribution in [3.8, 4) is 11.8 Å². The number of hydrogen-bond donors (Lipinski definition) is 2. The van der Waals surface area contributed by atoms with E-state index in [0.29, 0.717) is 18.0 Å². The second-order valence-electron chi connectivity index (χ2n) is 4.93. The summed E-state index contributed by atoms with van der Waals surface area (Å²) in [5.74, 6) is 5.90. The maximum absolute atomic E-state index is 12.1. The molecule has 0 radical (unpaired) electrons. The smallest absolute Gasteiger partial charge is 0.251 e. The molecule has 0 spiro atoms. The number of rotatable bonds is 4. The van der Waals surface area contributed by atoms with Crippen molar-refractivity contribution in [2.45, 2.75) is 27.2 Å². The average molecular weight is 259 g/mol. The summed E-state index contributed by atoms with van der Waals surface area (Å²) in [7, 11) is 0. The summed E-state index contributed by atoms with van der Waals surface area (Å²) < 4.78 is 0. The van der Waals surface area contributed by atoms with Gasteiger partial charge in [0.2, 0.25) is 0 Å². The Morgan fingerprint density at radius 1 is 1.42 bits per heavy atom. The lowest BCUT2D eigenvalue weighted by molar-refractivity contribution is 0.0951.